The lowest BCUT2D eigenvalue weighted by molar-refractivity contribution is -0.140. The molecule has 2 aromatic carbocycles. The molecule has 0 unspecified atom stereocenters. The Morgan fingerprint density at radius 1 is 1.03 bits per heavy atom. The first kappa shape index (κ1) is 23.7. The van der Waals surface area contributed by atoms with Crippen molar-refractivity contribution in [3.63, 3.8) is 0 Å². The molecule has 0 aromatic heterocycles. The Kier molecular flexibility index (Phi) is 7.14. The summed E-state index contributed by atoms with van der Waals surface area (Å²) in [7, 11) is 2.96. The minimum Gasteiger partial charge on any atom is -0.507 e. The number of methoxy groups -OCH3 is 2. The lowest BCUT2D eigenvalue weighted by Crippen LogP contribution is -2.42. The molecule has 1 atom stereocenters. The molecule has 2 saturated heterocycles. The van der Waals surface area contributed by atoms with Crippen LogP contribution in [0.1, 0.15) is 17.2 Å². The van der Waals surface area contributed by atoms with Gasteiger partial charge in [0.15, 0.2) is 11.5 Å². The molecule has 2 fully saturated rings. The van der Waals surface area contributed by atoms with Gasteiger partial charge in [-0.1, -0.05) is 12.1 Å². The van der Waals surface area contributed by atoms with Crippen molar-refractivity contribution in [2.75, 3.05) is 53.6 Å². The second-order valence-electron chi connectivity index (χ2n) is 8.07. The quantitative estimate of drug-likeness (QED) is 0.378. The average molecular weight is 470 g/mol. The van der Waals surface area contributed by atoms with Crippen LogP contribution in [0.3, 0.4) is 0 Å². The van der Waals surface area contributed by atoms with Crippen LogP contribution in [0.5, 0.6) is 11.5 Å². The summed E-state index contributed by atoms with van der Waals surface area (Å²) in [6.45, 7) is 3.51. The van der Waals surface area contributed by atoms with Gasteiger partial charge >= 0.3 is 0 Å². The Morgan fingerprint density at radius 2 is 1.71 bits per heavy atom. The topological polar surface area (TPSA) is 88.5 Å². The molecule has 9 heteroatoms. The molecule has 0 bridgehead atoms. The second-order valence-corrected chi connectivity index (χ2v) is 8.07. The van der Waals surface area contributed by atoms with Crippen LogP contribution in [0.15, 0.2) is 48.0 Å². The summed E-state index contributed by atoms with van der Waals surface area (Å²) in [5.74, 6) is -1.43. The maximum Gasteiger partial charge on any atom is 0.295 e. The van der Waals surface area contributed by atoms with E-state index in [1.807, 2.05) is 0 Å². The molecule has 0 radical (unpaired) electrons. The van der Waals surface area contributed by atoms with E-state index in [2.05, 4.69) is 4.90 Å². The Labute approximate surface area is 197 Å². The van der Waals surface area contributed by atoms with E-state index in [4.69, 9.17) is 14.2 Å². The van der Waals surface area contributed by atoms with Gasteiger partial charge in [0, 0.05) is 31.7 Å². The summed E-state index contributed by atoms with van der Waals surface area (Å²) in [6, 6.07) is 9.47. The number of likely N-dealkylation sites (tertiary alicyclic amines) is 1. The number of ketones is 1. The number of rotatable bonds is 7. The van der Waals surface area contributed by atoms with Gasteiger partial charge < -0.3 is 24.2 Å². The number of benzene rings is 2. The van der Waals surface area contributed by atoms with Gasteiger partial charge in [0.05, 0.1) is 39.0 Å². The maximum absolute atomic E-state index is 13.6. The minimum atomic E-state index is -0.852. The lowest BCUT2D eigenvalue weighted by atomic mass is 9.95. The molecule has 4 rings (SSSR count). The predicted molar refractivity (Wildman–Crippen MR) is 122 cm³/mol. The monoisotopic (exact) mass is 470 g/mol. The van der Waals surface area contributed by atoms with Crippen molar-refractivity contribution in [3.05, 3.63) is 65.0 Å². The van der Waals surface area contributed by atoms with Gasteiger partial charge in [-0.15, -0.1) is 0 Å². The van der Waals surface area contributed by atoms with E-state index in [0.29, 0.717) is 42.4 Å². The first-order valence-corrected chi connectivity index (χ1v) is 11.0. The smallest absolute Gasteiger partial charge is 0.295 e. The number of nitrogens with zero attached hydrogens (tertiary/aromatic N) is 2. The number of hydrogen-bond acceptors (Lipinski definition) is 7. The van der Waals surface area contributed by atoms with Crippen LogP contribution < -0.4 is 9.47 Å². The van der Waals surface area contributed by atoms with E-state index < -0.39 is 23.5 Å². The second kappa shape index (κ2) is 10.2. The van der Waals surface area contributed by atoms with Crippen molar-refractivity contribution in [1.82, 2.24) is 9.80 Å². The predicted octanol–water partition coefficient (Wildman–Crippen LogP) is 2.60. The first-order chi connectivity index (χ1) is 16.4. The zero-order valence-electron chi connectivity index (χ0n) is 19.1. The highest BCUT2D eigenvalue weighted by Crippen LogP contribution is 2.40. The van der Waals surface area contributed by atoms with Crippen molar-refractivity contribution >= 4 is 17.4 Å². The zero-order valence-corrected chi connectivity index (χ0v) is 19.1. The van der Waals surface area contributed by atoms with Gasteiger partial charge in [0.1, 0.15) is 11.6 Å². The summed E-state index contributed by atoms with van der Waals surface area (Å²) < 4.78 is 29.6. The Balaban J connectivity index is 1.75. The number of halogens is 1. The Bertz CT molecular complexity index is 1100. The molecule has 0 saturated carbocycles. The molecular formula is C25H27FN2O6. The molecule has 180 valence electrons. The van der Waals surface area contributed by atoms with Crippen LogP contribution in [0.4, 0.5) is 4.39 Å². The normalized spacial score (nSPS) is 20.6. The zero-order chi connectivity index (χ0) is 24.2. The van der Waals surface area contributed by atoms with Gasteiger partial charge in [-0.25, -0.2) is 4.39 Å². The highest BCUT2D eigenvalue weighted by atomic mass is 19.1. The molecule has 2 aromatic rings. The average Bonchev–Trinajstić information content (AvgIpc) is 3.12. The van der Waals surface area contributed by atoms with Gasteiger partial charge in [0.2, 0.25) is 0 Å². The number of amides is 1. The van der Waals surface area contributed by atoms with Crippen LogP contribution in [0.2, 0.25) is 0 Å². The van der Waals surface area contributed by atoms with E-state index in [9.17, 15) is 19.1 Å². The van der Waals surface area contributed by atoms with Crippen LogP contribution in [-0.4, -0.2) is 80.2 Å². The van der Waals surface area contributed by atoms with Crippen LogP contribution in [0, 0.1) is 5.82 Å². The summed E-state index contributed by atoms with van der Waals surface area (Å²) >= 11 is 0. The third-order valence-electron chi connectivity index (χ3n) is 6.14. The minimum absolute atomic E-state index is 0.0502. The molecule has 2 aliphatic rings. The highest BCUT2D eigenvalue weighted by Gasteiger charge is 2.46. The van der Waals surface area contributed by atoms with Gasteiger partial charge in [-0.3, -0.25) is 14.5 Å². The van der Waals surface area contributed by atoms with E-state index in [1.54, 1.807) is 12.1 Å². The Hall–Kier alpha value is -3.43. The fraction of sp³-hybridized carbons (Fsp3) is 0.360. The van der Waals surface area contributed by atoms with Crippen LogP contribution >= 0.6 is 0 Å². The lowest BCUT2D eigenvalue weighted by Gasteiger charge is -2.31. The number of carbonyl (C=O) groups is 2. The molecule has 2 heterocycles. The number of aliphatic hydroxyl groups is 1. The van der Waals surface area contributed by atoms with Crippen molar-refractivity contribution < 1.29 is 33.3 Å². The van der Waals surface area contributed by atoms with E-state index in [-0.39, 0.29) is 17.9 Å². The van der Waals surface area contributed by atoms with E-state index in [0.717, 1.165) is 13.1 Å². The third-order valence-corrected chi connectivity index (χ3v) is 6.14. The SMILES string of the molecule is COc1ccc(C(O)=C2C(=O)C(=O)N(CCN3CCOCC3)[C@@H]2c2ccc(F)cc2)cc1OC. The van der Waals surface area contributed by atoms with Crippen molar-refractivity contribution in [2.24, 2.45) is 0 Å². The van der Waals surface area contributed by atoms with Gasteiger partial charge in [0.25, 0.3) is 11.7 Å². The molecule has 2 aliphatic heterocycles. The molecule has 8 nitrogen and oxygen atoms in total. The summed E-state index contributed by atoms with van der Waals surface area (Å²) in [5.41, 5.74) is 0.784. The largest absolute Gasteiger partial charge is 0.507 e. The molecule has 1 N–H and O–H groups in total. The van der Waals surface area contributed by atoms with Crippen molar-refractivity contribution in [2.45, 2.75) is 6.04 Å². The number of ether oxygens (including phenoxy) is 3. The fourth-order valence-corrected chi connectivity index (χ4v) is 4.32. The summed E-state index contributed by atoms with van der Waals surface area (Å²) in [4.78, 5) is 29.8. The number of carbonyl (C=O) groups excluding carboxylic acids is 2. The standard InChI is InChI=1S/C25H27FN2O6/c1-32-19-8-5-17(15-20(19)33-2)23(29)21-22(16-3-6-18(26)7-4-16)28(25(31)24(21)30)10-9-27-11-13-34-14-12-27/h3-8,15,22,29H,9-14H2,1-2H3/t22-/m1/s1. The third kappa shape index (κ3) is 4.62. The first-order valence-electron chi connectivity index (χ1n) is 11.0. The fourth-order valence-electron chi connectivity index (χ4n) is 4.32. The van der Waals surface area contributed by atoms with Gasteiger partial charge in [-0.2, -0.15) is 0 Å². The molecular weight excluding hydrogens is 443 g/mol. The molecule has 0 spiro atoms. The number of hydrogen-bond donors (Lipinski definition) is 1. The van der Waals surface area contributed by atoms with Crippen LogP contribution in [-0.2, 0) is 14.3 Å². The maximum atomic E-state index is 13.6. The number of aliphatic hydroxyl groups excluding tert-OH is 1. The Morgan fingerprint density at radius 3 is 2.35 bits per heavy atom. The molecule has 34 heavy (non-hydrogen) atoms. The molecule has 1 amide bonds. The summed E-state index contributed by atoms with van der Waals surface area (Å²) in [6.07, 6.45) is 0. The van der Waals surface area contributed by atoms with Crippen LogP contribution in [0.25, 0.3) is 5.76 Å². The van der Waals surface area contributed by atoms with E-state index >= 15 is 0 Å². The van der Waals surface area contributed by atoms with Crippen molar-refractivity contribution in [3.8, 4) is 11.5 Å². The van der Waals surface area contributed by atoms with Crippen molar-refractivity contribution in [1.29, 1.82) is 0 Å². The van der Waals surface area contributed by atoms with E-state index in [1.165, 1.54) is 49.5 Å². The number of morpholine rings is 1. The highest BCUT2D eigenvalue weighted by molar-refractivity contribution is 6.46. The summed E-state index contributed by atoms with van der Waals surface area (Å²) in [5, 5.41) is 11.2. The number of Topliss-reactive ketones (excluding diaryl/α,β-unsaturated/α-hetero) is 1. The van der Waals surface area contributed by atoms with Gasteiger partial charge in [-0.05, 0) is 35.9 Å². The molecule has 0 aliphatic carbocycles.